The second-order valence-electron chi connectivity index (χ2n) is 10.5. The summed E-state index contributed by atoms with van der Waals surface area (Å²) >= 11 is 9.66. The maximum Gasteiger partial charge on any atom is 0.356 e. The van der Waals surface area contributed by atoms with E-state index in [2.05, 4.69) is 36.2 Å². The minimum absolute atomic E-state index is 0.0295. The molecule has 1 saturated heterocycles. The largest absolute Gasteiger partial charge is 0.448 e. The number of carbonyl (C=O) groups excluding carboxylic acids is 5. The van der Waals surface area contributed by atoms with E-state index < -0.39 is 47.0 Å². The summed E-state index contributed by atoms with van der Waals surface area (Å²) in [6.45, 7) is 1.08. The SMILES string of the molecule is CC(=O)O/N=C(\C(=O)N[C@@H]1C(=O)N2C(C(=O)OC(c3ccccc3)c3ccccc3)=C(S/C=C/c3cn[nH]n3)CS[C@H]12)c1nc(NC=O)sc1Cl. The number of rotatable bonds is 13. The van der Waals surface area contributed by atoms with E-state index >= 15 is 0 Å². The number of nitrogens with zero attached hydrogens (tertiary/aromatic N) is 5. The summed E-state index contributed by atoms with van der Waals surface area (Å²) in [6, 6.07) is 17.3. The number of halogens is 1. The van der Waals surface area contributed by atoms with Crippen LogP contribution in [0.25, 0.3) is 6.08 Å². The van der Waals surface area contributed by atoms with Gasteiger partial charge in [0.25, 0.3) is 11.8 Å². The van der Waals surface area contributed by atoms with Gasteiger partial charge in [-0.25, -0.2) is 14.6 Å². The number of H-pyrrole nitrogens is 1. The van der Waals surface area contributed by atoms with E-state index in [1.807, 2.05) is 60.7 Å². The van der Waals surface area contributed by atoms with Crippen molar-refractivity contribution in [3.8, 4) is 0 Å². The van der Waals surface area contributed by atoms with Crippen LogP contribution in [0.3, 0.4) is 0 Å². The molecule has 15 nitrogen and oxygen atoms in total. The Morgan fingerprint density at radius 2 is 1.84 bits per heavy atom. The first-order chi connectivity index (χ1) is 24.7. The minimum Gasteiger partial charge on any atom is -0.448 e. The summed E-state index contributed by atoms with van der Waals surface area (Å²) in [7, 11) is 0. The van der Waals surface area contributed by atoms with Crippen LogP contribution in [0.1, 0.15) is 35.5 Å². The second kappa shape index (κ2) is 16.2. The summed E-state index contributed by atoms with van der Waals surface area (Å²) in [5.74, 6) is -2.81. The number of β-lactam (4-membered cyclic amide) rings is 1. The lowest BCUT2D eigenvalue weighted by Gasteiger charge is -2.49. The van der Waals surface area contributed by atoms with Crippen LogP contribution in [0.2, 0.25) is 4.34 Å². The highest BCUT2D eigenvalue weighted by Crippen LogP contribution is 2.45. The monoisotopic (exact) mass is 764 g/mol. The highest BCUT2D eigenvalue weighted by Gasteiger charge is 2.55. The number of aromatic nitrogens is 4. The van der Waals surface area contributed by atoms with Gasteiger partial charge in [-0.15, -0.1) is 11.8 Å². The Labute approximate surface area is 306 Å². The van der Waals surface area contributed by atoms with E-state index in [9.17, 15) is 24.0 Å². The zero-order valence-corrected chi connectivity index (χ0v) is 29.4. The van der Waals surface area contributed by atoms with Gasteiger partial charge in [-0.2, -0.15) is 15.4 Å². The molecule has 0 aliphatic carbocycles. The molecule has 0 spiro atoms. The fourth-order valence-corrected chi connectivity index (χ4v) is 8.31. The highest BCUT2D eigenvalue weighted by molar-refractivity contribution is 8.08. The van der Waals surface area contributed by atoms with Crippen LogP contribution in [0.5, 0.6) is 0 Å². The maximum atomic E-state index is 14.2. The number of anilines is 1. The van der Waals surface area contributed by atoms with E-state index in [1.54, 1.807) is 11.5 Å². The molecule has 4 heterocycles. The van der Waals surface area contributed by atoms with Crippen molar-refractivity contribution in [3.05, 3.63) is 110 Å². The van der Waals surface area contributed by atoms with Crippen molar-refractivity contribution in [1.29, 1.82) is 0 Å². The van der Waals surface area contributed by atoms with Gasteiger partial charge >= 0.3 is 11.9 Å². The number of benzene rings is 2. The van der Waals surface area contributed by atoms with Crippen LogP contribution in [-0.4, -0.2) is 78.3 Å². The molecular weight excluding hydrogens is 740 g/mol. The number of esters is 1. The van der Waals surface area contributed by atoms with Crippen LogP contribution >= 0.6 is 46.5 Å². The van der Waals surface area contributed by atoms with Gasteiger partial charge in [0.2, 0.25) is 6.41 Å². The molecular formula is C32H25ClN8O7S3. The molecule has 0 saturated carbocycles. The smallest absolute Gasteiger partial charge is 0.356 e. The zero-order chi connectivity index (χ0) is 35.9. The molecule has 3 N–H and O–H groups in total. The Kier molecular flexibility index (Phi) is 11.2. The number of nitrogens with one attached hydrogen (secondary N) is 3. The maximum absolute atomic E-state index is 14.2. The number of ether oxygens (including phenoxy) is 1. The first kappa shape index (κ1) is 35.5. The number of thioether (sulfide) groups is 2. The van der Waals surface area contributed by atoms with Crippen molar-refractivity contribution in [2.75, 3.05) is 11.1 Å². The topological polar surface area (TPSA) is 198 Å². The third-order valence-electron chi connectivity index (χ3n) is 7.20. The fraction of sp³-hybridized carbons (Fsp3) is 0.156. The molecule has 2 atom stereocenters. The number of carbonyl (C=O) groups is 5. The van der Waals surface area contributed by atoms with Crippen LogP contribution < -0.4 is 10.6 Å². The van der Waals surface area contributed by atoms with Crippen LogP contribution in [0, 0.1) is 0 Å². The van der Waals surface area contributed by atoms with Crippen LogP contribution in [0.4, 0.5) is 5.13 Å². The van der Waals surface area contributed by atoms with Crippen molar-refractivity contribution in [2.24, 2.45) is 5.16 Å². The molecule has 3 amide bonds. The highest BCUT2D eigenvalue weighted by atomic mass is 35.5. The summed E-state index contributed by atoms with van der Waals surface area (Å²) in [6.07, 6.45) is 2.81. The van der Waals surface area contributed by atoms with Gasteiger partial charge < -0.3 is 20.2 Å². The van der Waals surface area contributed by atoms with E-state index in [4.69, 9.17) is 21.2 Å². The molecule has 51 heavy (non-hydrogen) atoms. The minimum atomic E-state index is -1.12. The first-order valence-corrected chi connectivity index (χ1v) is 18.0. The number of thiazole rings is 1. The summed E-state index contributed by atoms with van der Waals surface area (Å²) in [5.41, 5.74) is 1.36. The molecule has 0 radical (unpaired) electrons. The molecule has 2 aromatic carbocycles. The standard InChI is InChI=1S/C32H25ClN8O7S3/c1-17(43)48-39-23(22-27(33)51-32(37-22)34-16-42)28(44)36-24-29(45)41-25(21(15-50-30(24)41)49-13-12-20-14-35-40-38-20)31(46)47-26(18-8-4-2-5-9-18)19-10-6-3-7-11-19/h2-14,16,24,26,30H,15H2,1H3,(H,36,44)(H,34,37,42)(H,35,38,40)/b13-12+,39-23-/t24-,30-/m1/s1. The lowest BCUT2D eigenvalue weighted by molar-refractivity contribution is -0.154. The van der Waals surface area contributed by atoms with Crippen molar-refractivity contribution in [3.63, 3.8) is 0 Å². The van der Waals surface area contributed by atoms with Crippen LogP contribution in [-0.2, 0) is 33.5 Å². The second-order valence-corrected chi connectivity index (χ2v) is 14.2. The Bertz CT molecular complexity index is 2000. The Morgan fingerprint density at radius 1 is 1.14 bits per heavy atom. The molecule has 1 fully saturated rings. The van der Waals surface area contributed by atoms with E-state index in [1.165, 1.54) is 34.6 Å². The Morgan fingerprint density at radius 3 is 2.47 bits per heavy atom. The zero-order valence-electron chi connectivity index (χ0n) is 26.2. The molecule has 0 bridgehead atoms. The molecule has 0 unspecified atom stereocenters. The van der Waals surface area contributed by atoms with Crippen molar-refractivity contribution >= 4 is 93.5 Å². The van der Waals surface area contributed by atoms with E-state index in [0.717, 1.165) is 29.4 Å². The van der Waals surface area contributed by atoms with Crippen molar-refractivity contribution in [2.45, 2.75) is 24.4 Å². The quantitative estimate of drug-likeness (QED) is 0.0441. The molecule has 6 rings (SSSR count). The van der Waals surface area contributed by atoms with Gasteiger partial charge in [0.1, 0.15) is 32.8 Å². The number of amides is 3. The third kappa shape index (κ3) is 8.04. The predicted molar refractivity (Wildman–Crippen MR) is 191 cm³/mol. The third-order valence-corrected chi connectivity index (χ3v) is 10.7. The Balaban J connectivity index is 1.29. The van der Waals surface area contributed by atoms with Gasteiger partial charge in [0.15, 0.2) is 16.9 Å². The van der Waals surface area contributed by atoms with Crippen molar-refractivity contribution in [1.82, 2.24) is 30.6 Å². The van der Waals surface area contributed by atoms with Gasteiger partial charge in [0, 0.05) is 17.6 Å². The molecule has 2 aliphatic heterocycles. The van der Waals surface area contributed by atoms with Gasteiger partial charge in [0.05, 0.1) is 6.20 Å². The van der Waals surface area contributed by atoms with Gasteiger partial charge in [-0.1, -0.05) is 101 Å². The molecule has 2 aliphatic rings. The molecule has 2 aromatic heterocycles. The molecule has 19 heteroatoms. The number of hydrogen-bond donors (Lipinski definition) is 3. The van der Waals surface area contributed by atoms with Crippen LogP contribution in [0.15, 0.2) is 88.0 Å². The van der Waals surface area contributed by atoms with E-state index in [0.29, 0.717) is 17.0 Å². The number of hydrogen-bond acceptors (Lipinski definition) is 14. The Hall–Kier alpha value is -5.30. The lowest BCUT2D eigenvalue weighted by atomic mass is 10.0. The molecule has 4 aromatic rings. The van der Waals surface area contributed by atoms with Gasteiger partial charge in [-0.05, 0) is 22.6 Å². The fourth-order valence-electron chi connectivity index (χ4n) is 4.97. The average Bonchev–Trinajstić information content (AvgIpc) is 3.79. The summed E-state index contributed by atoms with van der Waals surface area (Å²) in [5, 5.41) is 20.0. The number of fused-ring (bicyclic) bond motifs is 1. The average molecular weight is 765 g/mol. The normalized spacial score (nSPS) is 17.2. The summed E-state index contributed by atoms with van der Waals surface area (Å²) in [4.78, 5) is 74.8. The summed E-state index contributed by atoms with van der Waals surface area (Å²) < 4.78 is 6.14. The lowest BCUT2D eigenvalue weighted by Crippen LogP contribution is -2.71. The van der Waals surface area contributed by atoms with Crippen molar-refractivity contribution < 1.29 is 33.5 Å². The molecule has 260 valence electrons. The first-order valence-electron chi connectivity index (χ1n) is 14.9. The van der Waals surface area contributed by atoms with E-state index in [-0.39, 0.29) is 26.6 Å². The number of aromatic amines is 1. The van der Waals surface area contributed by atoms with Gasteiger partial charge in [-0.3, -0.25) is 19.3 Å². The predicted octanol–water partition coefficient (Wildman–Crippen LogP) is 4.10. The number of oxime groups is 1.